The maximum absolute atomic E-state index is 9.85. The second kappa shape index (κ2) is 5.35. The molecule has 0 aromatic heterocycles. The number of benzene rings is 1. The summed E-state index contributed by atoms with van der Waals surface area (Å²) in [6.07, 6.45) is 6.27. The molecule has 1 aromatic rings. The molecule has 0 bridgehead atoms. The molecule has 1 saturated carbocycles. The minimum atomic E-state index is 0.296. The van der Waals surface area contributed by atoms with Gasteiger partial charge in [-0.2, -0.15) is 0 Å². The fourth-order valence-electron chi connectivity index (χ4n) is 2.59. The van der Waals surface area contributed by atoms with Crippen molar-refractivity contribution >= 4 is 0 Å². The molecule has 88 valence electrons. The molecular weight excluding hydrogens is 198 g/mol. The lowest BCUT2D eigenvalue weighted by atomic mass is 10.0. The highest BCUT2D eigenvalue weighted by Gasteiger charge is 2.20. The Bertz CT molecular complexity index is 331. The fraction of sp³-hybridized carbons (Fsp3) is 0.571. The molecule has 16 heavy (non-hydrogen) atoms. The molecule has 2 N–H and O–H groups in total. The molecule has 1 atom stereocenters. The van der Waals surface area contributed by atoms with Crippen LogP contribution in [0.25, 0.3) is 0 Å². The van der Waals surface area contributed by atoms with Crippen LogP contribution in [0.2, 0.25) is 0 Å². The summed E-state index contributed by atoms with van der Waals surface area (Å²) in [6.45, 7) is 2.17. The maximum Gasteiger partial charge on any atom is 0.120 e. The van der Waals surface area contributed by atoms with Gasteiger partial charge in [0.25, 0.3) is 0 Å². The number of rotatable bonds is 4. The smallest absolute Gasteiger partial charge is 0.120 e. The molecule has 1 aliphatic carbocycles. The number of aromatic hydroxyl groups is 1. The zero-order valence-electron chi connectivity index (χ0n) is 9.95. The Kier molecular flexibility index (Phi) is 3.83. The lowest BCUT2D eigenvalue weighted by Gasteiger charge is -2.22. The number of hydrogen-bond donors (Lipinski definition) is 2. The van der Waals surface area contributed by atoms with Gasteiger partial charge >= 0.3 is 0 Å². The normalized spacial score (nSPS) is 18.8. The first-order chi connectivity index (χ1) is 7.81. The van der Waals surface area contributed by atoms with E-state index >= 15 is 0 Å². The van der Waals surface area contributed by atoms with Gasteiger partial charge in [0.1, 0.15) is 5.75 Å². The Morgan fingerprint density at radius 3 is 2.62 bits per heavy atom. The number of nitrogens with one attached hydrogen (secondary N) is 1. The average molecular weight is 219 g/mol. The third kappa shape index (κ3) is 2.56. The molecule has 0 heterocycles. The lowest BCUT2D eigenvalue weighted by Crippen LogP contribution is -2.30. The zero-order valence-corrected chi connectivity index (χ0v) is 9.95. The molecule has 0 saturated heterocycles. The number of para-hydroxylation sites is 1. The number of phenolic OH excluding ortho intramolecular Hbond substituents is 1. The van der Waals surface area contributed by atoms with Gasteiger partial charge in [0.2, 0.25) is 0 Å². The number of phenols is 1. The van der Waals surface area contributed by atoms with E-state index in [0.29, 0.717) is 17.8 Å². The molecule has 0 radical (unpaired) electrons. The summed E-state index contributed by atoms with van der Waals surface area (Å²) in [5, 5.41) is 13.5. The second-order valence-corrected chi connectivity index (χ2v) is 4.67. The first kappa shape index (κ1) is 11.5. The molecule has 0 amide bonds. The van der Waals surface area contributed by atoms with Crippen molar-refractivity contribution in [3.8, 4) is 5.75 Å². The van der Waals surface area contributed by atoms with Crippen LogP contribution in [-0.2, 0) is 0 Å². The topological polar surface area (TPSA) is 32.3 Å². The van der Waals surface area contributed by atoms with Crippen molar-refractivity contribution < 1.29 is 5.11 Å². The zero-order chi connectivity index (χ0) is 11.4. The molecule has 1 aliphatic rings. The molecule has 0 aliphatic heterocycles. The van der Waals surface area contributed by atoms with Gasteiger partial charge in [-0.3, -0.25) is 0 Å². The molecule has 0 spiro atoms. The van der Waals surface area contributed by atoms with Crippen LogP contribution in [0.5, 0.6) is 5.75 Å². The van der Waals surface area contributed by atoms with Gasteiger partial charge in [-0.25, -0.2) is 0 Å². The molecule has 1 unspecified atom stereocenters. The van der Waals surface area contributed by atoms with Crippen molar-refractivity contribution in [2.45, 2.75) is 51.1 Å². The number of hydrogen-bond acceptors (Lipinski definition) is 2. The van der Waals surface area contributed by atoms with E-state index in [1.165, 1.54) is 25.7 Å². The summed E-state index contributed by atoms with van der Waals surface area (Å²) in [7, 11) is 0. The fourth-order valence-corrected chi connectivity index (χ4v) is 2.59. The van der Waals surface area contributed by atoms with Crippen molar-refractivity contribution in [3.63, 3.8) is 0 Å². The maximum atomic E-state index is 9.85. The standard InChI is InChI=1S/C14H21NO/c1-2-13(15-11-7-3-4-8-11)12-9-5-6-10-14(12)16/h5-6,9-11,13,15-16H,2-4,7-8H2,1H3. The summed E-state index contributed by atoms with van der Waals surface area (Å²) in [4.78, 5) is 0. The van der Waals surface area contributed by atoms with E-state index in [9.17, 15) is 5.11 Å². The Hall–Kier alpha value is -1.02. The van der Waals surface area contributed by atoms with E-state index in [1.54, 1.807) is 6.07 Å². The molecular formula is C14H21NO. The Morgan fingerprint density at radius 2 is 2.00 bits per heavy atom. The third-order valence-corrected chi connectivity index (χ3v) is 3.51. The van der Waals surface area contributed by atoms with Gasteiger partial charge in [0, 0.05) is 17.6 Å². The summed E-state index contributed by atoms with van der Waals surface area (Å²) in [6, 6.07) is 8.60. The minimum absolute atomic E-state index is 0.296. The van der Waals surface area contributed by atoms with E-state index in [0.717, 1.165) is 12.0 Å². The Balaban J connectivity index is 2.06. The highest BCUT2D eigenvalue weighted by Crippen LogP contribution is 2.28. The van der Waals surface area contributed by atoms with Crippen LogP contribution >= 0.6 is 0 Å². The highest BCUT2D eigenvalue weighted by molar-refractivity contribution is 5.34. The average Bonchev–Trinajstić information content (AvgIpc) is 2.80. The highest BCUT2D eigenvalue weighted by atomic mass is 16.3. The van der Waals surface area contributed by atoms with Gasteiger partial charge in [0.15, 0.2) is 0 Å². The van der Waals surface area contributed by atoms with Crippen molar-refractivity contribution in [3.05, 3.63) is 29.8 Å². The van der Waals surface area contributed by atoms with Crippen LogP contribution in [-0.4, -0.2) is 11.1 Å². The summed E-state index contributed by atoms with van der Waals surface area (Å²) in [5.41, 5.74) is 1.04. The molecule has 2 nitrogen and oxygen atoms in total. The largest absolute Gasteiger partial charge is 0.508 e. The van der Waals surface area contributed by atoms with E-state index < -0.39 is 0 Å². The van der Waals surface area contributed by atoms with Crippen LogP contribution in [0.4, 0.5) is 0 Å². The van der Waals surface area contributed by atoms with Crippen LogP contribution in [0.1, 0.15) is 50.6 Å². The first-order valence-corrected chi connectivity index (χ1v) is 6.35. The monoisotopic (exact) mass is 219 g/mol. The van der Waals surface area contributed by atoms with Crippen LogP contribution in [0.3, 0.4) is 0 Å². The SMILES string of the molecule is CCC(NC1CCCC1)c1ccccc1O. The Morgan fingerprint density at radius 1 is 1.31 bits per heavy atom. The molecule has 1 fully saturated rings. The van der Waals surface area contributed by atoms with Crippen molar-refractivity contribution in [2.24, 2.45) is 0 Å². The van der Waals surface area contributed by atoms with Crippen molar-refractivity contribution in [1.82, 2.24) is 5.32 Å². The van der Waals surface area contributed by atoms with Crippen LogP contribution in [0, 0.1) is 0 Å². The van der Waals surface area contributed by atoms with Crippen LogP contribution in [0.15, 0.2) is 24.3 Å². The Labute approximate surface area is 97.7 Å². The van der Waals surface area contributed by atoms with Crippen molar-refractivity contribution in [2.75, 3.05) is 0 Å². The van der Waals surface area contributed by atoms with Crippen LogP contribution < -0.4 is 5.32 Å². The minimum Gasteiger partial charge on any atom is -0.508 e. The van der Waals surface area contributed by atoms with E-state index in [1.807, 2.05) is 18.2 Å². The molecule has 2 heteroatoms. The first-order valence-electron chi connectivity index (χ1n) is 6.35. The predicted octanol–water partition coefficient (Wildman–Crippen LogP) is 3.38. The summed E-state index contributed by atoms with van der Waals surface area (Å²) in [5.74, 6) is 0.417. The van der Waals surface area contributed by atoms with Gasteiger partial charge < -0.3 is 10.4 Å². The van der Waals surface area contributed by atoms with E-state index in [4.69, 9.17) is 0 Å². The second-order valence-electron chi connectivity index (χ2n) is 4.67. The summed E-state index contributed by atoms with van der Waals surface area (Å²) >= 11 is 0. The quantitative estimate of drug-likeness (QED) is 0.813. The third-order valence-electron chi connectivity index (χ3n) is 3.51. The van der Waals surface area contributed by atoms with Gasteiger partial charge in [0.05, 0.1) is 0 Å². The van der Waals surface area contributed by atoms with E-state index in [-0.39, 0.29) is 0 Å². The van der Waals surface area contributed by atoms with E-state index in [2.05, 4.69) is 12.2 Å². The molecule has 1 aromatic carbocycles. The lowest BCUT2D eigenvalue weighted by molar-refractivity contribution is 0.405. The molecule has 2 rings (SSSR count). The van der Waals surface area contributed by atoms with Gasteiger partial charge in [-0.15, -0.1) is 0 Å². The van der Waals surface area contributed by atoms with Gasteiger partial charge in [-0.05, 0) is 25.3 Å². The predicted molar refractivity (Wildman–Crippen MR) is 66.5 cm³/mol. The van der Waals surface area contributed by atoms with Crippen molar-refractivity contribution in [1.29, 1.82) is 0 Å². The summed E-state index contributed by atoms with van der Waals surface area (Å²) < 4.78 is 0. The van der Waals surface area contributed by atoms with Gasteiger partial charge in [-0.1, -0.05) is 38.0 Å².